The van der Waals surface area contributed by atoms with Crippen molar-refractivity contribution in [2.75, 3.05) is 13.2 Å². The highest BCUT2D eigenvalue weighted by molar-refractivity contribution is 5.76. The van der Waals surface area contributed by atoms with E-state index in [4.69, 9.17) is 4.74 Å². The average molecular weight is 412 g/mol. The van der Waals surface area contributed by atoms with E-state index >= 15 is 0 Å². The van der Waals surface area contributed by atoms with Crippen LogP contribution < -0.4 is 5.32 Å². The zero-order valence-electron chi connectivity index (χ0n) is 19.6. The fraction of sp³-hybridized carbons (Fsp3) is 0.920. The molecule has 0 aliphatic carbocycles. The Morgan fingerprint density at radius 1 is 0.586 bits per heavy atom. The number of hydrogen-bond acceptors (Lipinski definition) is 3. The zero-order chi connectivity index (χ0) is 21.4. The molecule has 0 radical (unpaired) electrons. The SMILES string of the molecule is CCCCCCCCCCCCCCOC(=O)CCNC(=O)CCCCCCC. The monoisotopic (exact) mass is 411 g/mol. The quantitative estimate of drug-likeness (QED) is 0.153. The van der Waals surface area contributed by atoms with Crippen molar-refractivity contribution in [3.8, 4) is 0 Å². The summed E-state index contributed by atoms with van der Waals surface area (Å²) < 4.78 is 5.25. The van der Waals surface area contributed by atoms with Crippen molar-refractivity contribution in [3.63, 3.8) is 0 Å². The Balaban J connectivity index is 3.26. The van der Waals surface area contributed by atoms with Gasteiger partial charge in [-0.1, -0.05) is 110 Å². The molecule has 0 saturated carbocycles. The summed E-state index contributed by atoms with van der Waals surface area (Å²) >= 11 is 0. The summed E-state index contributed by atoms with van der Waals surface area (Å²) in [7, 11) is 0. The van der Waals surface area contributed by atoms with E-state index in [2.05, 4.69) is 19.2 Å². The lowest BCUT2D eigenvalue weighted by Gasteiger charge is -2.07. The van der Waals surface area contributed by atoms with Crippen LogP contribution in [-0.2, 0) is 14.3 Å². The maximum Gasteiger partial charge on any atom is 0.307 e. The van der Waals surface area contributed by atoms with Crippen molar-refractivity contribution in [2.45, 2.75) is 136 Å². The number of unbranched alkanes of at least 4 members (excludes halogenated alkanes) is 15. The van der Waals surface area contributed by atoms with E-state index in [1.807, 2.05) is 0 Å². The molecule has 172 valence electrons. The fourth-order valence-corrected chi connectivity index (χ4v) is 3.48. The molecule has 0 rings (SSSR count). The molecule has 0 fully saturated rings. The maximum absolute atomic E-state index is 11.7. The van der Waals surface area contributed by atoms with Gasteiger partial charge in [-0.2, -0.15) is 0 Å². The molecule has 4 heteroatoms. The summed E-state index contributed by atoms with van der Waals surface area (Å²) in [5.74, 6) is -0.147. The number of nitrogens with one attached hydrogen (secondary N) is 1. The number of ether oxygens (including phenoxy) is 1. The highest BCUT2D eigenvalue weighted by Gasteiger charge is 2.05. The third-order valence-corrected chi connectivity index (χ3v) is 5.42. The molecule has 0 spiro atoms. The second-order valence-corrected chi connectivity index (χ2v) is 8.37. The lowest BCUT2D eigenvalue weighted by atomic mass is 10.1. The molecule has 0 heterocycles. The third kappa shape index (κ3) is 23.1. The molecule has 0 saturated heterocycles. The predicted molar refractivity (Wildman–Crippen MR) is 123 cm³/mol. The van der Waals surface area contributed by atoms with Crippen LogP contribution in [-0.4, -0.2) is 25.0 Å². The number of rotatable bonds is 22. The van der Waals surface area contributed by atoms with Gasteiger partial charge in [-0.05, 0) is 12.8 Å². The molecule has 0 aromatic carbocycles. The number of esters is 1. The highest BCUT2D eigenvalue weighted by atomic mass is 16.5. The first-order valence-electron chi connectivity index (χ1n) is 12.6. The van der Waals surface area contributed by atoms with Gasteiger partial charge in [-0.25, -0.2) is 0 Å². The van der Waals surface area contributed by atoms with E-state index in [0.717, 1.165) is 25.7 Å². The molecule has 1 amide bonds. The van der Waals surface area contributed by atoms with Gasteiger partial charge in [0.15, 0.2) is 0 Å². The molecular formula is C25H49NO3. The number of amides is 1. The number of carbonyl (C=O) groups is 2. The summed E-state index contributed by atoms with van der Waals surface area (Å²) in [6, 6.07) is 0. The molecule has 0 unspecified atom stereocenters. The Morgan fingerprint density at radius 2 is 1.03 bits per heavy atom. The minimum absolute atomic E-state index is 0.0512. The first-order chi connectivity index (χ1) is 14.2. The van der Waals surface area contributed by atoms with Crippen molar-refractivity contribution < 1.29 is 14.3 Å². The molecule has 0 atom stereocenters. The van der Waals surface area contributed by atoms with Crippen molar-refractivity contribution in [1.29, 1.82) is 0 Å². The summed E-state index contributed by atoms with van der Waals surface area (Å²) in [6.45, 7) is 5.36. The van der Waals surface area contributed by atoms with Crippen molar-refractivity contribution >= 4 is 11.9 Å². The topological polar surface area (TPSA) is 55.4 Å². The zero-order valence-corrected chi connectivity index (χ0v) is 19.6. The smallest absolute Gasteiger partial charge is 0.307 e. The van der Waals surface area contributed by atoms with E-state index < -0.39 is 0 Å². The van der Waals surface area contributed by atoms with E-state index in [9.17, 15) is 9.59 Å². The van der Waals surface area contributed by atoms with Crippen LogP contribution in [0.1, 0.15) is 136 Å². The van der Waals surface area contributed by atoms with Crippen molar-refractivity contribution in [1.82, 2.24) is 5.32 Å². The van der Waals surface area contributed by atoms with Gasteiger partial charge in [0.05, 0.1) is 13.0 Å². The van der Waals surface area contributed by atoms with Crippen LogP contribution in [0.4, 0.5) is 0 Å². The van der Waals surface area contributed by atoms with Gasteiger partial charge in [0, 0.05) is 13.0 Å². The molecular weight excluding hydrogens is 362 g/mol. The maximum atomic E-state index is 11.7. The van der Waals surface area contributed by atoms with Gasteiger partial charge < -0.3 is 10.1 Å². The van der Waals surface area contributed by atoms with Crippen LogP contribution in [0.5, 0.6) is 0 Å². The number of carbonyl (C=O) groups excluding carboxylic acids is 2. The standard InChI is InChI=1S/C25H49NO3/c1-3-5-7-9-10-11-12-13-14-15-17-19-23-29-25(28)21-22-26-24(27)20-18-16-8-6-4-2/h3-23H2,1-2H3,(H,26,27). The largest absolute Gasteiger partial charge is 0.466 e. The first kappa shape index (κ1) is 27.9. The summed E-state index contributed by atoms with van der Waals surface area (Å²) in [4.78, 5) is 23.4. The molecule has 4 nitrogen and oxygen atoms in total. The number of hydrogen-bond donors (Lipinski definition) is 1. The van der Waals surface area contributed by atoms with Crippen LogP contribution in [0.15, 0.2) is 0 Å². The molecule has 29 heavy (non-hydrogen) atoms. The molecule has 0 aromatic heterocycles. The summed E-state index contributed by atoms with van der Waals surface area (Å²) in [6.07, 6.45) is 22.2. The summed E-state index contributed by atoms with van der Waals surface area (Å²) in [5.41, 5.74) is 0. The van der Waals surface area contributed by atoms with Gasteiger partial charge in [-0.15, -0.1) is 0 Å². The lowest BCUT2D eigenvalue weighted by molar-refractivity contribution is -0.143. The second kappa shape index (κ2) is 23.2. The van der Waals surface area contributed by atoms with E-state index in [0.29, 0.717) is 19.6 Å². The fourth-order valence-electron chi connectivity index (χ4n) is 3.48. The van der Waals surface area contributed by atoms with Crippen LogP contribution >= 0.6 is 0 Å². The Morgan fingerprint density at radius 3 is 1.55 bits per heavy atom. The van der Waals surface area contributed by atoms with Crippen LogP contribution in [0.25, 0.3) is 0 Å². The van der Waals surface area contributed by atoms with E-state index in [1.165, 1.54) is 83.5 Å². The second-order valence-electron chi connectivity index (χ2n) is 8.37. The van der Waals surface area contributed by atoms with Crippen molar-refractivity contribution in [2.24, 2.45) is 0 Å². The Bertz CT molecular complexity index is 371. The van der Waals surface area contributed by atoms with E-state index in [-0.39, 0.29) is 18.3 Å². The van der Waals surface area contributed by atoms with Gasteiger partial charge in [0.1, 0.15) is 0 Å². The Hall–Kier alpha value is -1.06. The predicted octanol–water partition coefficient (Wildman–Crippen LogP) is 7.10. The average Bonchev–Trinajstić information content (AvgIpc) is 2.71. The summed E-state index contributed by atoms with van der Waals surface area (Å²) in [5, 5.41) is 2.81. The van der Waals surface area contributed by atoms with Crippen molar-refractivity contribution in [3.05, 3.63) is 0 Å². The molecule has 1 N–H and O–H groups in total. The van der Waals surface area contributed by atoms with Crippen LogP contribution in [0.3, 0.4) is 0 Å². The minimum Gasteiger partial charge on any atom is -0.466 e. The highest BCUT2D eigenvalue weighted by Crippen LogP contribution is 2.12. The molecule has 0 aromatic rings. The molecule has 0 aliphatic rings. The Kier molecular flexibility index (Phi) is 22.4. The first-order valence-corrected chi connectivity index (χ1v) is 12.6. The lowest BCUT2D eigenvalue weighted by Crippen LogP contribution is -2.26. The molecule has 0 aliphatic heterocycles. The van der Waals surface area contributed by atoms with Gasteiger partial charge in [0.25, 0.3) is 0 Å². The van der Waals surface area contributed by atoms with Gasteiger partial charge in [0.2, 0.25) is 5.91 Å². The van der Waals surface area contributed by atoms with E-state index in [1.54, 1.807) is 0 Å². The Labute approximate surface area is 180 Å². The normalized spacial score (nSPS) is 10.8. The third-order valence-electron chi connectivity index (χ3n) is 5.42. The van der Waals surface area contributed by atoms with Gasteiger partial charge >= 0.3 is 5.97 Å². The minimum atomic E-state index is -0.198. The van der Waals surface area contributed by atoms with Gasteiger partial charge in [-0.3, -0.25) is 9.59 Å². The van der Waals surface area contributed by atoms with Crippen LogP contribution in [0, 0.1) is 0 Å². The molecule has 0 bridgehead atoms. The van der Waals surface area contributed by atoms with Crippen LogP contribution in [0.2, 0.25) is 0 Å².